The number of hydrogen-bond acceptors (Lipinski definition) is 3. The summed E-state index contributed by atoms with van der Waals surface area (Å²) in [5.74, 6) is -0.742. The first-order valence-electron chi connectivity index (χ1n) is 6.89. The molecule has 2 aromatic rings. The quantitative estimate of drug-likeness (QED) is 0.881. The highest BCUT2D eigenvalue weighted by atomic mass is 32.2. The molecule has 1 atom stereocenters. The van der Waals surface area contributed by atoms with Crippen molar-refractivity contribution in [2.45, 2.75) is 13.0 Å². The van der Waals surface area contributed by atoms with Gasteiger partial charge in [-0.05, 0) is 48.9 Å². The van der Waals surface area contributed by atoms with Crippen molar-refractivity contribution < 1.29 is 17.6 Å². The molecule has 0 spiro atoms. The number of carbonyl (C=O) groups is 1. The van der Waals surface area contributed by atoms with E-state index in [2.05, 4.69) is 10.0 Å². The molecule has 0 radical (unpaired) electrons. The molecule has 23 heavy (non-hydrogen) atoms. The van der Waals surface area contributed by atoms with Gasteiger partial charge in [0, 0.05) is 11.3 Å². The molecule has 7 heteroatoms. The summed E-state index contributed by atoms with van der Waals surface area (Å²) in [6.07, 6.45) is 1.07. The van der Waals surface area contributed by atoms with Crippen LogP contribution in [0.3, 0.4) is 0 Å². The Balaban J connectivity index is 2.11. The van der Waals surface area contributed by atoms with Gasteiger partial charge in [-0.25, -0.2) is 12.8 Å². The van der Waals surface area contributed by atoms with Crippen LogP contribution in [0.15, 0.2) is 48.5 Å². The van der Waals surface area contributed by atoms with E-state index in [1.54, 1.807) is 31.2 Å². The third kappa shape index (κ3) is 5.07. The number of benzene rings is 2. The van der Waals surface area contributed by atoms with Gasteiger partial charge >= 0.3 is 0 Å². The molecule has 0 unspecified atom stereocenters. The minimum atomic E-state index is -3.36. The Morgan fingerprint density at radius 3 is 2.39 bits per heavy atom. The Kier molecular flexibility index (Phi) is 5.00. The maximum Gasteiger partial charge on any atom is 0.251 e. The first-order chi connectivity index (χ1) is 10.7. The van der Waals surface area contributed by atoms with Crippen LogP contribution in [-0.4, -0.2) is 20.6 Å². The lowest BCUT2D eigenvalue weighted by Gasteiger charge is -2.15. The fourth-order valence-corrected chi connectivity index (χ4v) is 2.61. The Morgan fingerprint density at radius 1 is 1.13 bits per heavy atom. The first kappa shape index (κ1) is 17.0. The Bertz CT molecular complexity index is 804. The maximum absolute atomic E-state index is 12.9. The second-order valence-electron chi connectivity index (χ2n) is 5.20. The lowest BCUT2D eigenvalue weighted by Crippen LogP contribution is -2.26. The lowest BCUT2D eigenvalue weighted by atomic mass is 10.1. The number of halogens is 1. The number of carbonyl (C=O) groups excluding carboxylic acids is 1. The number of nitrogens with one attached hydrogen (secondary N) is 2. The SMILES string of the molecule is C[C@@H](NC(=O)c1ccc(F)cc1)c1cccc(NS(C)(=O)=O)c1. The molecule has 0 aromatic heterocycles. The number of hydrogen-bond donors (Lipinski definition) is 2. The molecule has 0 aliphatic carbocycles. The van der Waals surface area contributed by atoms with Crippen LogP contribution >= 0.6 is 0 Å². The molecule has 0 aliphatic heterocycles. The minimum absolute atomic E-state index is 0.334. The molecule has 0 saturated heterocycles. The predicted molar refractivity (Wildman–Crippen MR) is 87.2 cm³/mol. The molecular weight excluding hydrogens is 319 g/mol. The summed E-state index contributed by atoms with van der Waals surface area (Å²) in [5.41, 5.74) is 1.52. The van der Waals surface area contributed by atoms with E-state index in [0.717, 1.165) is 11.8 Å². The number of anilines is 1. The lowest BCUT2D eigenvalue weighted by molar-refractivity contribution is 0.0940. The zero-order chi connectivity index (χ0) is 17.0. The highest BCUT2D eigenvalue weighted by molar-refractivity contribution is 7.92. The van der Waals surface area contributed by atoms with E-state index in [4.69, 9.17) is 0 Å². The molecule has 2 aromatic carbocycles. The fourth-order valence-electron chi connectivity index (χ4n) is 2.05. The molecular formula is C16H17FN2O3S. The van der Waals surface area contributed by atoms with Gasteiger partial charge in [-0.1, -0.05) is 12.1 Å². The van der Waals surface area contributed by atoms with Crippen molar-refractivity contribution in [3.05, 3.63) is 65.5 Å². The summed E-state index contributed by atoms with van der Waals surface area (Å²) in [6, 6.07) is 11.7. The molecule has 0 aliphatic rings. The van der Waals surface area contributed by atoms with Crippen LogP contribution in [0.4, 0.5) is 10.1 Å². The van der Waals surface area contributed by atoms with Crippen LogP contribution in [0.25, 0.3) is 0 Å². The topological polar surface area (TPSA) is 75.3 Å². The third-order valence-electron chi connectivity index (χ3n) is 3.14. The third-order valence-corrected chi connectivity index (χ3v) is 3.75. The van der Waals surface area contributed by atoms with Crippen LogP contribution in [-0.2, 0) is 10.0 Å². The maximum atomic E-state index is 12.9. The summed E-state index contributed by atoms with van der Waals surface area (Å²) in [6.45, 7) is 1.78. The van der Waals surface area contributed by atoms with Crippen molar-refractivity contribution >= 4 is 21.6 Å². The van der Waals surface area contributed by atoms with Gasteiger partial charge in [-0.2, -0.15) is 0 Å². The standard InChI is InChI=1S/C16H17FN2O3S/c1-11(18-16(20)12-6-8-14(17)9-7-12)13-4-3-5-15(10-13)19-23(2,21)22/h3-11,19H,1-2H3,(H,18,20)/t11-/m1/s1. The second-order valence-corrected chi connectivity index (χ2v) is 6.95. The highest BCUT2D eigenvalue weighted by Crippen LogP contribution is 2.18. The zero-order valence-electron chi connectivity index (χ0n) is 12.7. The number of rotatable bonds is 5. The number of amides is 1. The van der Waals surface area contributed by atoms with Gasteiger partial charge in [0.2, 0.25) is 10.0 Å². The van der Waals surface area contributed by atoms with Crippen molar-refractivity contribution in [2.75, 3.05) is 11.0 Å². The Labute approximate surface area is 134 Å². The molecule has 122 valence electrons. The van der Waals surface area contributed by atoms with Crippen molar-refractivity contribution in [1.82, 2.24) is 5.32 Å². The minimum Gasteiger partial charge on any atom is -0.346 e. The average Bonchev–Trinajstić information content (AvgIpc) is 2.46. The van der Waals surface area contributed by atoms with Crippen molar-refractivity contribution in [3.8, 4) is 0 Å². The summed E-state index contributed by atoms with van der Waals surface area (Å²) < 4.78 is 37.8. The van der Waals surface area contributed by atoms with E-state index in [0.29, 0.717) is 11.3 Å². The summed E-state index contributed by atoms with van der Waals surface area (Å²) >= 11 is 0. The molecule has 0 heterocycles. The van der Waals surface area contributed by atoms with E-state index in [1.807, 2.05) is 0 Å². The van der Waals surface area contributed by atoms with Gasteiger partial charge in [-0.3, -0.25) is 9.52 Å². The Hall–Kier alpha value is -2.41. The molecule has 0 bridgehead atoms. The van der Waals surface area contributed by atoms with Crippen LogP contribution in [0.1, 0.15) is 28.9 Å². The summed E-state index contributed by atoms with van der Waals surface area (Å²) in [7, 11) is -3.36. The smallest absolute Gasteiger partial charge is 0.251 e. The van der Waals surface area contributed by atoms with E-state index >= 15 is 0 Å². The molecule has 2 rings (SSSR count). The van der Waals surface area contributed by atoms with E-state index in [-0.39, 0.29) is 11.9 Å². The van der Waals surface area contributed by atoms with Crippen molar-refractivity contribution in [2.24, 2.45) is 0 Å². The van der Waals surface area contributed by atoms with Gasteiger partial charge in [-0.15, -0.1) is 0 Å². The van der Waals surface area contributed by atoms with Crippen LogP contribution in [0.5, 0.6) is 0 Å². The predicted octanol–water partition coefficient (Wildman–Crippen LogP) is 2.69. The van der Waals surface area contributed by atoms with Crippen LogP contribution in [0.2, 0.25) is 0 Å². The van der Waals surface area contributed by atoms with Gasteiger partial charge in [0.25, 0.3) is 5.91 Å². The fraction of sp³-hybridized carbons (Fsp3) is 0.188. The van der Waals surface area contributed by atoms with Gasteiger partial charge < -0.3 is 5.32 Å². The second kappa shape index (κ2) is 6.78. The summed E-state index contributed by atoms with van der Waals surface area (Å²) in [5, 5.41) is 2.78. The Morgan fingerprint density at radius 2 is 1.78 bits per heavy atom. The largest absolute Gasteiger partial charge is 0.346 e. The zero-order valence-corrected chi connectivity index (χ0v) is 13.5. The van der Waals surface area contributed by atoms with Crippen molar-refractivity contribution in [1.29, 1.82) is 0 Å². The summed E-state index contributed by atoms with van der Waals surface area (Å²) in [4.78, 5) is 12.1. The number of sulfonamides is 1. The molecule has 5 nitrogen and oxygen atoms in total. The van der Waals surface area contributed by atoms with Gasteiger partial charge in [0.1, 0.15) is 5.82 Å². The van der Waals surface area contributed by atoms with E-state index < -0.39 is 15.8 Å². The normalized spacial score (nSPS) is 12.5. The van der Waals surface area contributed by atoms with Crippen molar-refractivity contribution in [3.63, 3.8) is 0 Å². The highest BCUT2D eigenvalue weighted by Gasteiger charge is 2.12. The monoisotopic (exact) mass is 336 g/mol. The van der Waals surface area contributed by atoms with Crippen LogP contribution < -0.4 is 10.0 Å². The average molecular weight is 336 g/mol. The molecule has 2 N–H and O–H groups in total. The first-order valence-corrected chi connectivity index (χ1v) is 8.78. The molecule has 0 fully saturated rings. The van der Waals surface area contributed by atoms with Gasteiger partial charge in [0.05, 0.1) is 12.3 Å². The van der Waals surface area contributed by atoms with E-state index in [9.17, 15) is 17.6 Å². The van der Waals surface area contributed by atoms with Crippen LogP contribution in [0, 0.1) is 5.82 Å². The molecule has 0 saturated carbocycles. The van der Waals surface area contributed by atoms with Gasteiger partial charge in [0.15, 0.2) is 0 Å². The molecule has 1 amide bonds. The van der Waals surface area contributed by atoms with E-state index in [1.165, 1.54) is 24.3 Å².